The Labute approximate surface area is 229 Å². The highest BCUT2D eigenvalue weighted by atomic mass is 32.1. The van der Waals surface area contributed by atoms with Gasteiger partial charge in [-0.15, -0.1) is 11.3 Å². The Kier molecular flexibility index (Phi) is 6.49. The number of aromatic nitrogens is 4. The summed E-state index contributed by atoms with van der Waals surface area (Å²) in [7, 11) is 0. The van der Waals surface area contributed by atoms with E-state index in [2.05, 4.69) is 15.6 Å². The van der Waals surface area contributed by atoms with E-state index in [1.165, 1.54) is 17.4 Å². The standard InChI is InChI=1S/C28H31FN6O3S/c1-15-22(25-33-19-12-30-9-6-20(19)39-25)24(34-21-10-16(13-36)23(37)27(21,2)38)35-26(32-15)31-14-28(7-8-28)17-4-3-5-18(29)11-17/h3-6,9,11-12,16,21,23,36-38H,7-8,10,13-14H2,1-2H3,(H2,31,32,34,35)/t16-,21-,23-,27+/m1/s1. The van der Waals surface area contributed by atoms with Gasteiger partial charge in [-0.25, -0.2) is 14.4 Å². The third-order valence-corrected chi connectivity index (χ3v) is 9.26. The van der Waals surface area contributed by atoms with Gasteiger partial charge in [0.1, 0.15) is 27.8 Å². The Morgan fingerprint density at radius 3 is 2.69 bits per heavy atom. The number of aryl methyl sites for hydroxylation is 1. The van der Waals surface area contributed by atoms with Crippen molar-refractivity contribution in [2.45, 2.75) is 56.3 Å². The van der Waals surface area contributed by atoms with Crippen LogP contribution in [-0.2, 0) is 5.41 Å². The number of benzene rings is 1. The number of fused-ring (bicyclic) bond motifs is 1. The number of halogens is 1. The van der Waals surface area contributed by atoms with E-state index in [1.807, 2.05) is 19.1 Å². The average Bonchev–Trinajstić information content (AvgIpc) is 3.54. The van der Waals surface area contributed by atoms with Gasteiger partial charge in [0.25, 0.3) is 0 Å². The third-order valence-electron chi connectivity index (χ3n) is 8.20. The fraction of sp³-hybridized carbons (Fsp3) is 0.429. The van der Waals surface area contributed by atoms with Crippen LogP contribution in [0.3, 0.4) is 0 Å². The van der Waals surface area contributed by atoms with Crippen LogP contribution < -0.4 is 10.6 Å². The molecule has 4 atom stereocenters. The fourth-order valence-electron chi connectivity index (χ4n) is 5.58. The molecule has 2 aliphatic rings. The zero-order valence-corrected chi connectivity index (χ0v) is 22.5. The highest BCUT2D eigenvalue weighted by Gasteiger charge is 2.51. The van der Waals surface area contributed by atoms with Gasteiger partial charge in [0.15, 0.2) is 0 Å². The number of hydrogen-bond acceptors (Lipinski definition) is 10. The molecule has 0 bridgehead atoms. The molecule has 39 heavy (non-hydrogen) atoms. The number of nitrogens with zero attached hydrogens (tertiary/aromatic N) is 4. The molecule has 0 radical (unpaired) electrons. The fourth-order valence-corrected chi connectivity index (χ4v) is 6.61. The Morgan fingerprint density at radius 1 is 1.18 bits per heavy atom. The van der Waals surface area contributed by atoms with Crippen LogP contribution in [0, 0.1) is 18.7 Å². The van der Waals surface area contributed by atoms with Crippen molar-refractivity contribution in [1.82, 2.24) is 19.9 Å². The van der Waals surface area contributed by atoms with Crippen molar-refractivity contribution in [2.24, 2.45) is 5.92 Å². The summed E-state index contributed by atoms with van der Waals surface area (Å²) < 4.78 is 14.9. The van der Waals surface area contributed by atoms with Crippen LogP contribution in [0.5, 0.6) is 0 Å². The normalized spacial score (nSPS) is 25.6. The molecule has 3 aromatic heterocycles. The van der Waals surface area contributed by atoms with Gasteiger partial charge >= 0.3 is 0 Å². The van der Waals surface area contributed by atoms with E-state index in [4.69, 9.17) is 15.0 Å². The lowest BCUT2D eigenvalue weighted by molar-refractivity contribution is -0.0647. The van der Waals surface area contributed by atoms with Crippen LogP contribution in [0.15, 0.2) is 42.7 Å². The first-order valence-corrected chi connectivity index (χ1v) is 13.9. The third kappa shape index (κ3) is 4.73. The summed E-state index contributed by atoms with van der Waals surface area (Å²) in [6, 6.07) is 8.06. The summed E-state index contributed by atoms with van der Waals surface area (Å²) in [5.41, 5.74) is 1.46. The molecule has 2 fully saturated rings. The molecule has 2 aliphatic carbocycles. The smallest absolute Gasteiger partial charge is 0.224 e. The number of anilines is 2. The summed E-state index contributed by atoms with van der Waals surface area (Å²) in [5.74, 6) is 0.167. The molecular weight excluding hydrogens is 519 g/mol. The quantitative estimate of drug-likeness (QED) is 0.223. The van der Waals surface area contributed by atoms with E-state index in [0.717, 1.165) is 28.6 Å². The Bertz CT molecular complexity index is 1490. The minimum absolute atomic E-state index is 0.167. The second-order valence-electron chi connectivity index (χ2n) is 10.9. The molecule has 9 nitrogen and oxygen atoms in total. The van der Waals surface area contributed by atoms with Crippen LogP contribution in [0.4, 0.5) is 16.2 Å². The molecule has 2 saturated carbocycles. The first-order valence-electron chi connectivity index (χ1n) is 13.1. The van der Waals surface area contributed by atoms with Gasteiger partial charge < -0.3 is 26.0 Å². The molecule has 1 aromatic carbocycles. The topological polar surface area (TPSA) is 136 Å². The number of rotatable bonds is 8. The zero-order valence-electron chi connectivity index (χ0n) is 21.7. The highest BCUT2D eigenvalue weighted by molar-refractivity contribution is 7.21. The largest absolute Gasteiger partial charge is 0.396 e. The minimum Gasteiger partial charge on any atom is -0.396 e. The molecule has 6 rings (SSSR count). The van der Waals surface area contributed by atoms with E-state index in [-0.39, 0.29) is 17.8 Å². The monoisotopic (exact) mass is 550 g/mol. The van der Waals surface area contributed by atoms with Crippen molar-refractivity contribution >= 4 is 33.3 Å². The summed E-state index contributed by atoms with van der Waals surface area (Å²) in [6.07, 6.45) is 4.59. The average molecular weight is 551 g/mol. The predicted molar refractivity (Wildman–Crippen MR) is 148 cm³/mol. The number of hydrogen-bond donors (Lipinski definition) is 5. The van der Waals surface area contributed by atoms with E-state index in [9.17, 15) is 19.7 Å². The van der Waals surface area contributed by atoms with E-state index in [0.29, 0.717) is 41.0 Å². The van der Waals surface area contributed by atoms with Crippen LogP contribution in [0.1, 0.15) is 37.4 Å². The van der Waals surface area contributed by atoms with E-state index >= 15 is 0 Å². The van der Waals surface area contributed by atoms with Gasteiger partial charge in [0.05, 0.1) is 34.3 Å². The maximum Gasteiger partial charge on any atom is 0.224 e. The SMILES string of the molecule is Cc1nc(NCC2(c3cccc(F)c3)CC2)nc(N[C@@H]2C[C@H](CO)[C@@H](O)[C@@]2(C)O)c1-c1nc2cnccc2s1. The minimum atomic E-state index is -1.48. The molecule has 0 unspecified atom stereocenters. The van der Waals surface area contributed by atoms with Crippen molar-refractivity contribution in [3.05, 3.63) is 59.8 Å². The number of aliphatic hydroxyl groups excluding tert-OH is 2. The molecule has 3 heterocycles. The number of pyridine rings is 1. The van der Waals surface area contributed by atoms with Crippen molar-refractivity contribution in [2.75, 3.05) is 23.8 Å². The van der Waals surface area contributed by atoms with Crippen LogP contribution in [0.25, 0.3) is 20.8 Å². The Balaban J connectivity index is 1.35. The van der Waals surface area contributed by atoms with Gasteiger partial charge in [-0.2, -0.15) is 4.98 Å². The molecule has 204 valence electrons. The molecule has 0 spiro atoms. The maximum atomic E-state index is 13.9. The molecule has 0 saturated heterocycles. The lowest BCUT2D eigenvalue weighted by Gasteiger charge is -2.30. The predicted octanol–water partition coefficient (Wildman–Crippen LogP) is 3.64. The lowest BCUT2D eigenvalue weighted by Crippen LogP contribution is -2.48. The summed E-state index contributed by atoms with van der Waals surface area (Å²) in [6.45, 7) is 3.77. The first kappa shape index (κ1) is 26.0. The van der Waals surface area contributed by atoms with Crippen molar-refractivity contribution in [1.29, 1.82) is 0 Å². The summed E-state index contributed by atoms with van der Waals surface area (Å²) in [4.78, 5) is 18.5. The van der Waals surface area contributed by atoms with E-state index in [1.54, 1.807) is 31.5 Å². The Morgan fingerprint density at radius 2 is 2.00 bits per heavy atom. The molecule has 5 N–H and O–H groups in total. The van der Waals surface area contributed by atoms with Gasteiger partial charge in [0, 0.05) is 30.7 Å². The van der Waals surface area contributed by atoms with Crippen LogP contribution in [-0.4, -0.2) is 66.2 Å². The molecule has 0 amide bonds. The molecule has 0 aliphatic heterocycles. The molecule has 4 aromatic rings. The maximum absolute atomic E-state index is 13.9. The van der Waals surface area contributed by atoms with Gasteiger partial charge in [-0.05, 0) is 56.9 Å². The van der Waals surface area contributed by atoms with Crippen LogP contribution in [0.2, 0.25) is 0 Å². The zero-order chi connectivity index (χ0) is 27.4. The van der Waals surface area contributed by atoms with Gasteiger partial charge in [-0.1, -0.05) is 12.1 Å². The summed E-state index contributed by atoms with van der Waals surface area (Å²) >= 11 is 1.50. The highest BCUT2D eigenvalue weighted by Crippen LogP contribution is 2.48. The molecular formula is C28H31FN6O3S. The van der Waals surface area contributed by atoms with Crippen molar-refractivity contribution < 1.29 is 19.7 Å². The second kappa shape index (κ2) is 9.74. The van der Waals surface area contributed by atoms with Gasteiger partial charge in [-0.3, -0.25) is 4.98 Å². The van der Waals surface area contributed by atoms with Gasteiger partial charge in [0.2, 0.25) is 5.95 Å². The van der Waals surface area contributed by atoms with Crippen LogP contribution >= 0.6 is 11.3 Å². The summed E-state index contributed by atoms with van der Waals surface area (Å²) in [5, 5.41) is 38.9. The lowest BCUT2D eigenvalue weighted by atomic mass is 9.96. The van der Waals surface area contributed by atoms with E-state index < -0.39 is 23.7 Å². The number of aliphatic hydroxyl groups is 3. The second-order valence-corrected chi connectivity index (χ2v) is 11.9. The Hall–Kier alpha value is -3.25. The number of nitrogens with one attached hydrogen (secondary N) is 2. The van der Waals surface area contributed by atoms with Crippen molar-refractivity contribution in [3.8, 4) is 10.6 Å². The molecule has 11 heteroatoms. The first-order chi connectivity index (χ1) is 18.7. The number of thiazole rings is 1. The van der Waals surface area contributed by atoms with Crippen molar-refractivity contribution in [3.63, 3.8) is 0 Å².